The van der Waals surface area contributed by atoms with Gasteiger partial charge in [-0.05, 0) is 26.8 Å². The van der Waals surface area contributed by atoms with E-state index in [1.807, 2.05) is 0 Å². The van der Waals surface area contributed by atoms with Gasteiger partial charge in [-0.1, -0.05) is 0 Å². The Balaban J connectivity index is 2.99. The van der Waals surface area contributed by atoms with E-state index in [-0.39, 0.29) is 12.3 Å². The van der Waals surface area contributed by atoms with Gasteiger partial charge in [0.2, 0.25) is 0 Å². The maximum absolute atomic E-state index is 12.4. The largest absolute Gasteiger partial charge is 0.464 e. The first-order chi connectivity index (χ1) is 7.77. The Labute approximate surface area is 96.4 Å². The van der Waals surface area contributed by atoms with Gasteiger partial charge in [0.15, 0.2) is 5.69 Å². The SMILES string of the molecule is CCOC(=O)C(C)n1nc(C(F)(F)F)cc1C. The molecule has 0 saturated carbocycles. The van der Waals surface area contributed by atoms with E-state index in [1.54, 1.807) is 6.92 Å². The first-order valence-corrected chi connectivity index (χ1v) is 5.07. The molecule has 0 saturated heterocycles. The maximum atomic E-state index is 12.4. The molecular weight excluding hydrogens is 237 g/mol. The van der Waals surface area contributed by atoms with Crippen molar-refractivity contribution in [3.8, 4) is 0 Å². The fourth-order valence-electron chi connectivity index (χ4n) is 1.38. The predicted octanol–water partition coefficient (Wildman–Crippen LogP) is 2.33. The molecule has 0 amide bonds. The fraction of sp³-hybridized carbons (Fsp3) is 0.600. The summed E-state index contributed by atoms with van der Waals surface area (Å²) in [4.78, 5) is 11.4. The van der Waals surface area contributed by atoms with Crippen molar-refractivity contribution in [1.29, 1.82) is 0 Å². The third kappa shape index (κ3) is 2.98. The minimum Gasteiger partial charge on any atom is -0.464 e. The number of halogens is 3. The predicted molar refractivity (Wildman–Crippen MR) is 53.3 cm³/mol. The second-order valence-electron chi connectivity index (χ2n) is 3.54. The standard InChI is InChI=1S/C10H13F3N2O2/c1-4-17-9(16)7(3)15-6(2)5-8(14-15)10(11,12)13/h5,7H,4H2,1-3H3. The number of aryl methyl sites for hydroxylation is 1. The summed E-state index contributed by atoms with van der Waals surface area (Å²) in [5.74, 6) is -0.604. The van der Waals surface area contributed by atoms with Crippen molar-refractivity contribution in [2.75, 3.05) is 6.61 Å². The number of nitrogens with zero attached hydrogens (tertiary/aromatic N) is 2. The molecule has 0 spiro atoms. The molecule has 1 unspecified atom stereocenters. The van der Waals surface area contributed by atoms with Gasteiger partial charge in [-0.3, -0.25) is 4.68 Å². The van der Waals surface area contributed by atoms with E-state index < -0.39 is 23.9 Å². The van der Waals surface area contributed by atoms with Gasteiger partial charge in [-0.25, -0.2) is 4.79 Å². The topological polar surface area (TPSA) is 44.1 Å². The van der Waals surface area contributed by atoms with Gasteiger partial charge >= 0.3 is 12.1 Å². The summed E-state index contributed by atoms with van der Waals surface area (Å²) in [7, 11) is 0. The molecule has 7 heteroatoms. The molecule has 0 aliphatic carbocycles. The molecule has 4 nitrogen and oxygen atoms in total. The zero-order valence-corrected chi connectivity index (χ0v) is 9.71. The number of rotatable bonds is 3. The van der Waals surface area contributed by atoms with Crippen LogP contribution in [0.15, 0.2) is 6.07 Å². The van der Waals surface area contributed by atoms with Crippen LogP contribution in [0.4, 0.5) is 13.2 Å². The first-order valence-electron chi connectivity index (χ1n) is 5.07. The van der Waals surface area contributed by atoms with E-state index >= 15 is 0 Å². The Kier molecular flexibility index (Phi) is 3.79. The Morgan fingerprint density at radius 1 is 1.59 bits per heavy atom. The van der Waals surface area contributed by atoms with Crippen LogP contribution in [-0.4, -0.2) is 22.4 Å². The molecule has 1 aromatic heterocycles. The van der Waals surface area contributed by atoms with Crippen LogP contribution in [0.5, 0.6) is 0 Å². The summed E-state index contributed by atoms with van der Waals surface area (Å²) in [5.41, 5.74) is -0.746. The van der Waals surface area contributed by atoms with Gasteiger partial charge < -0.3 is 4.74 Å². The lowest BCUT2D eigenvalue weighted by Crippen LogP contribution is -2.21. The monoisotopic (exact) mass is 250 g/mol. The van der Waals surface area contributed by atoms with Gasteiger partial charge in [-0.15, -0.1) is 0 Å². The number of hydrogen-bond donors (Lipinski definition) is 0. The summed E-state index contributed by atoms with van der Waals surface area (Å²) in [6.07, 6.45) is -4.51. The van der Waals surface area contributed by atoms with E-state index in [9.17, 15) is 18.0 Å². The highest BCUT2D eigenvalue weighted by atomic mass is 19.4. The van der Waals surface area contributed by atoms with E-state index in [4.69, 9.17) is 4.74 Å². The van der Waals surface area contributed by atoms with Crippen LogP contribution in [0, 0.1) is 6.92 Å². The molecule has 1 rings (SSSR count). The molecule has 0 aliphatic rings. The Hall–Kier alpha value is -1.53. The molecule has 96 valence electrons. The Bertz CT molecular complexity index is 412. The highest BCUT2D eigenvalue weighted by molar-refractivity contribution is 5.73. The number of aromatic nitrogens is 2. The lowest BCUT2D eigenvalue weighted by atomic mass is 10.3. The smallest absolute Gasteiger partial charge is 0.435 e. The first kappa shape index (κ1) is 13.5. The number of alkyl halides is 3. The second-order valence-corrected chi connectivity index (χ2v) is 3.54. The number of carbonyl (C=O) groups excluding carboxylic acids is 1. The lowest BCUT2D eigenvalue weighted by molar-refractivity contribution is -0.148. The normalized spacial score (nSPS) is 13.5. The van der Waals surface area contributed by atoms with E-state index in [1.165, 1.54) is 13.8 Å². The molecule has 17 heavy (non-hydrogen) atoms. The number of hydrogen-bond acceptors (Lipinski definition) is 3. The minimum absolute atomic E-state index is 0.176. The average molecular weight is 250 g/mol. The molecule has 0 N–H and O–H groups in total. The number of carbonyl (C=O) groups is 1. The van der Waals surface area contributed by atoms with E-state index in [0.29, 0.717) is 0 Å². The van der Waals surface area contributed by atoms with Crippen LogP contribution in [0.1, 0.15) is 31.3 Å². The summed E-state index contributed by atoms with van der Waals surface area (Å²) in [6, 6.07) is 0.0291. The van der Waals surface area contributed by atoms with E-state index in [0.717, 1.165) is 10.7 Å². The zero-order valence-electron chi connectivity index (χ0n) is 9.71. The third-order valence-electron chi connectivity index (χ3n) is 2.21. The summed E-state index contributed by atoms with van der Waals surface area (Å²) >= 11 is 0. The highest BCUT2D eigenvalue weighted by Gasteiger charge is 2.35. The molecule has 0 radical (unpaired) electrons. The molecular formula is C10H13F3N2O2. The third-order valence-corrected chi connectivity index (χ3v) is 2.21. The molecule has 0 aromatic carbocycles. The molecule has 1 heterocycles. The summed E-state index contributed by atoms with van der Waals surface area (Å²) in [6.45, 7) is 4.70. The Morgan fingerprint density at radius 2 is 2.18 bits per heavy atom. The molecule has 1 atom stereocenters. The minimum atomic E-state index is -4.51. The van der Waals surface area contributed by atoms with Crippen molar-refractivity contribution in [3.05, 3.63) is 17.5 Å². The van der Waals surface area contributed by atoms with Crippen molar-refractivity contribution in [2.24, 2.45) is 0 Å². The molecule has 0 aliphatic heterocycles. The van der Waals surface area contributed by atoms with Crippen molar-refractivity contribution >= 4 is 5.97 Å². The maximum Gasteiger partial charge on any atom is 0.435 e. The Morgan fingerprint density at radius 3 is 2.59 bits per heavy atom. The fourth-order valence-corrected chi connectivity index (χ4v) is 1.38. The highest BCUT2D eigenvalue weighted by Crippen LogP contribution is 2.29. The average Bonchev–Trinajstić information content (AvgIpc) is 2.59. The number of ether oxygens (including phenoxy) is 1. The second kappa shape index (κ2) is 4.77. The van der Waals surface area contributed by atoms with Gasteiger partial charge in [0.25, 0.3) is 0 Å². The van der Waals surface area contributed by atoms with Crippen LogP contribution in [0.3, 0.4) is 0 Å². The zero-order chi connectivity index (χ0) is 13.2. The van der Waals surface area contributed by atoms with Gasteiger partial charge in [0.1, 0.15) is 6.04 Å². The molecule has 0 bridgehead atoms. The van der Waals surface area contributed by atoms with Crippen molar-refractivity contribution in [1.82, 2.24) is 9.78 Å². The number of esters is 1. The summed E-state index contributed by atoms with van der Waals surface area (Å²) < 4.78 is 42.9. The van der Waals surface area contributed by atoms with E-state index in [2.05, 4.69) is 5.10 Å². The van der Waals surface area contributed by atoms with Crippen molar-refractivity contribution in [2.45, 2.75) is 33.0 Å². The van der Waals surface area contributed by atoms with Crippen LogP contribution in [0.2, 0.25) is 0 Å². The summed E-state index contributed by atoms with van der Waals surface area (Å²) in [5, 5.41) is 3.38. The van der Waals surface area contributed by atoms with Crippen molar-refractivity contribution in [3.63, 3.8) is 0 Å². The van der Waals surface area contributed by atoms with Crippen LogP contribution >= 0.6 is 0 Å². The van der Waals surface area contributed by atoms with Crippen molar-refractivity contribution < 1.29 is 22.7 Å². The molecule has 1 aromatic rings. The van der Waals surface area contributed by atoms with Gasteiger partial charge in [0.05, 0.1) is 6.61 Å². The lowest BCUT2D eigenvalue weighted by Gasteiger charge is -2.12. The van der Waals surface area contributed by atoms with Gasteiger partial charge in [0, 0.05) is 5.69 Å². The van der Waals surface area contributed by atoms with Crippen LogP contribution < -0.4 is 0 Å². The molecule has 0 fully saturated rings. The van der Waals surface area contributed by atoms with Gasteiger partial charge in [-0.2, -0.15) is 18.3 Å². The quantitative estimate of drug-likeness (QED) is 0.773. The van der Waals surface area contributed by atoms with Crippen LogP contribution in [-0.2, 0) is 15.7 Å². The van der Waals surface area contributed by atoms with Crippen LogP contribution in [0.25, 0.3) is 0 Å².